The van der Waals surface area contributed by atoms with Gasteiger partial charge >= 0.3 is 6.18 Å². The number of aryl methyl sites for hydroxylation is 1. The Labute approximate surface area is 79.3 Å². The van der Waals surface area contributed by atoms with Crippen molar-refractivity contribution in [3.8, 4) is 0 Å². The highest BCUT2D eigenvalue weighted by molar-refractivity contribution is 6.17. The van der Waals surface area contributed by atoms with Gasteiger partial charge in [0, 0.05) is 5.88 Å². The van der Waals surface area contributed by atoms with Crippen LogP contribution in [-0.4, -0.2) is 0 Å². The fourth-order valence-corrected chi connectivity index (χ4v) is 1.29. The lowest BCUT2D eigenvalue weighted by Gasteiger charge is -2.10. The molecule has 0 nitrogen and oxygen atoms in total. The zero-order valence-electron chi connectivity index (χ0n) is 6.95. The van der Waals surface area contributed by atoms with E-state index >= 15 is 0 Å². The van der Waals surface area contributed by atoms with Gasteiger partial charge in [-0.15, -0.1) is 11.6 Å². The van der Waals surface area contributed by atoms with Gasteiger partial charge in [-0.05, 0) is 24.1 Å². The maximum absolute atomic E-state index is 12.3. The van der Waals surface area contributed by atoms with Gasteiger partial charge in [0.15, 0.2) is 0 Å². The molecule has 0 spiro atoms. The summed E-state index contributed by atoms with van der Waals surface area (Å²) >= 11 is 5.48. The Hall–Kier alpha value is -0.700. The number of rotatable bonds is 1. The van der Waals surface area contributed by atoms with Crippen LogP contribution in [0.15, 0.2) is 18.2 Å². The Morgan fingerprint density at radius 3 is 2.31 bits per heavy atom. The maximum Gasteiger partial charge on any atom is 0.416 e. The van der Waals surface area contributed by atoms with Gasteiger partial charge in [-0.2, -0.15) is 13.2 Å². The lowest BCUT2D eigenvalue weighted by atomic mass is 10.1. The Balaban J connectivity index is 3.13. The molecule has 0 N–H and O–H groups in total. The molecule has 4 heteroatoms. The average Bonchev–Trinajstić information content (AvgIpc) is 2.01. The van der Waals surface area contributed by atoms with E-state index in [1.165, 1.54) is 19.1 Å². The van der Waals surface area contributed by atoms with Crippen LogP contribution in [0.3, 0.4) is 0 Å². The van der Waals surface area contributed by atoms with Crippen molar-refractivity contribution < 1.29 is 13.2 Å². The Morgan fingerprint density at radius 1 is 1.31 bits per heavy atom. The first-order valence-electron chi connectivity index (χ1n) is 3.68. The van der Waals surface area contributed by atoms with Crippen molar-refractivity contribution in [3.05, 3.63) is 34.9 Å². The summed E-state index contributed by atoms with van der Waals surface area (Å²) in [6.07, 6.45) is -4.27. The lowest BCUT2D eigenvalue weighted by molar-refractivity contribution is -0.138. The number of hydrogen-bond acceptors (Lipinski definition) is 0. The summed E-state index contributed by atoms with van der Waals surface area (Å²) in [5, 5.41) is 0. The molecule has 1 aromatic rings. The summed E-state index contributed by atoms with van der Waals surface area (Å²) in [6.45, 7) is 1.43. The fraction of sp³-hybridized carbons (Fsp3) is 0.333. The Morgan fingerprint density at radius 2 is 1.92 bits per heavy atom. The van der Waals surface area contributed by atoms with Crippen LogP contribution in [0.5, 0.6) is 0 Å². The van der Waals surface area contributed by atoms with Gasteiger partial charge in [0.2, 0.25) is 0 Å². The van der Waals surface area contributed by atoms with Crippen molar-refractivity contribution >= 4 is 11.6 Å². The van der Waals surface area contributed by atoms with Gasteiger partial charge < -0.3 is 0 Å². The molecular formula is C9H8ClF3. The second kappa shape index (κ2) is 3.58. The van der Waals surface area contributed by atoms with Gasteiger partial charge in [0.25, 0.3) is 0 Å². The molecule has 0 heterocycles. The molecule has 0 bridgehead atoms. The average molecular weight is 209 g/mol. The largest absolute Gasteiger partial charge is 0.416 e. The first-order chi connectivity index (χ1) is 5.95. The minimum Gasteiger partial charge on any atom is -0.166 e. The highest BCUT2D eigenvalue weighted by Gasteiger charge is 2.31. The van der Waals surface area contributed by atoms with E-state index in [1.807, 2.05) is 0 Å². The SMILES string of the molecule is Cc1cc(CCl)ccc1C(F)(F)F. The number of alkyl halides is 4. The van der Waals surface area contributed by atoms with E-state index in [2.05, 4.69) is 0 Å². The van der Waals surface area contributed by atoms with Gasteiger partial charge in [0.1, 0.15) is 0 Å². The number of hydrogen-bond donors (Lipinski definition) is 0. The van der Waals surface area contributed by atoms with E-state index in [0.717, 1.165) is 6.07 Å². The summed E-state index contributed by atoms with van der Waals surface area (Å²) in [5.74, 6) is 0.235. The molecule has 0 atom stereocenters. The summed E-state index contributed by atoms with van der Waals surface area (Å²) in [7, 11) is 0. The molecule has 72 valence electrons. The Kier molecular flexibility index (Phi) is 2.86. The van der Waals surface area contributed by atoms with Gasteiger partial charge in [-0.25, -0.2) is 0 Å². The third-order valence-corrected chi connectivity index (χ3v) is 2.06. The lowest BCUT2D eigenvalue weighted by Crippen LogP contribution is -2.07. The van der Waals surface area contributed by atoms with Crippen molar-refractivity contribution in [1.29, 1.82) is 0 Å². The van der Waals surface area contributed by atoms with E-state index in [-0.39, 0.29) is 11.4 Å². The van der Waals surface area contributed by atoms with E-state index in [0.29, 0.717) is 5.56 Å². The first kappa shape index (κ1) is 10.4. The molecule has 0 aliphatic rings. The van der Waals surface area contributed by atoms with Crippen LogP contribution >= 0.6 is 11.6 Å². The molecule has 0 radical (unpaired) electrons. The highest BCUT2D eigenvalue weighted by atomic mass is 35.5. The molecule has 0 fully saturated rings. The van der Waals surface area contributed by atoms with Crippen LogP contribution in [-0.2, 0) is 12.1 Å². The molecule has 13 heavy (non-hydrogen) atoms. The van der Waals surface area contributed by atoms with Crippen molar-refractivity contribution in [2.24, 2.45) is 0 Å². The van der Waals surface area contributed by atoms with Gasteiger partial charge in [-0.1, -0.05) is 12.1 Å². The van der Waals surface area contributed by atoms with Crippen LogP contribution in [0.1, 0.15) is 16.7 Å². The number of halogens is 4. The second-order valence-electron chi connectivity index (χ2n) is 2.78. The molecule has 0 amide bonds. The minimum atomic E-state index is -4.27. The summed E-state index contributed by atoms with van der Waals surface area (Å²) in [5.41, 5.74) is 0.319. The van der Waals surface area contributed by atoms with E-state index in [1.54, 1.807) is 0 Å². The van der Waals surface area contributed by atoms with Crippen LogP contribution < -0.4 is 0 Å². The van der Waals surface area contributed by atoms with E-state index in [4.69, 9.17) is 11.6 Å². The molecule has 0 saturated heterocycles. The first-order valence-corrected chi connectivity index (χ1v) is 4.21. The standard InChI is InChI=1S/C9H8ClF3/c1-6-4-7(5-10)2-3-8(6)9(11,12)13/h2-4H,5H2,1H3. The molecule has 0 aliphatic heterocycles. The topological polar surface area (TPSA) is 0 Å². The molecule has 1 rings (SSSR count). The summed E-state index contributed by atoms with van der Waals surface area (Å²) in [6, 6.07) is 3.91. The van der Waals surface area contributed by atoms with Crippen molar-refractivity contribution in [1.82, 2.24) is 0 Å². The molecule has 0 aliphatic carbocycles. The van der Waals surface area contributed by atoms with Crippen molar-refractivity contribution in [2.45, 2.75) is 19.0 Å². The summed E-state index contributed by atoms with van der Waals surface area (Å²) < 4.78 is 36.8. The number of benzene rings is 1. The molecule has 0 unspecified atom stereocenters. The zero-order chi connectivity index (χ0) is 10.1. The highest BCUT2D eigenvalue weighted by Crippen LogP contribution is 2.32. The fourth-order valence-electron chi connectivity index (χ4n) is 1.13. The zero-order valence-corrected chi connectivity index (χ0v) is 7.71. The van der Waals surface area contributed by atoms with Crippen molar-refractivity contribution in [3.63, 3.8) is 0 Å². The van der Waals surface area contributed by atoms with Gasteiger partial charge in [-0.3, -0.25) is 0 Å². The maximum atomic E-state index is 12.3. The predicted molar refractivity (Wildman–Crippen MR) is 45.7 cm³/mol. The van der Waals surface area contributed by atoms with Crippen LogP contribution in [0.4, 0.5) is 13.2 Å². The summed E-state index contributed by atoms with van der Waals surface area (Å²) in [4.78, 5) is 0. The minimum absolute atomic E-state index is 0.214. The third kappa shape index (κ3) is 2.37. The second-order valence-corrected chi connectivity index (χ2v) is 3.05. The van der Waals surface area contributed by atoms with E-state index < -0.39 is 11.7 Å². The molecular weight excluding hydrogens is 201 g/mol. The monoisotopic (exact) mass is 208 g/mol. The van der Waals surface area contributed by atoms with Crippen LogP contribution in [0.2, 0.25) is 0 Å². The molecule has 1 aromatic carbocycles. The Bertz CT molecular complexity index is 304. The predicted octanol–water partition coefficient (Wildman–Crippen LogP) is 3.75. The quantitative estimate of drug-likeness (QED) is 0.617. The smallest absolute Gasteiger partial charge is 0.166 e. The third-order valence-electron chi connectivity index (χ3n) is 1.75. The molecule has 0 aromatic heterocycles. The molecule has 0 saturated carbocycles. The van der Waals surface area contributed by atoms with E-state index in [9.17, 15) is 13.2 Å². The van der Waals surface area contributed by atoms with Crippen molar-refractivity contribution in [2.75, 3.05) is 0 Å². The van der Waals surface area contributed by atoms with Crippen LogP contribution in [0, 0.1) is 6.92 Å². The van der Waals surface area contributed by atoms with Crippen LogP contribution in [0.25, 0.3) is 0 Å². The van der Waals surface area contributed by atoms with Gasteiger partial charge in [0.05, 0.1) is 5.56 Å². The normalized spacial score (nSPS) is 11.8.